The molecule has 0 aliphatic rings. The molecule has 3 aromatic rings. The van der Waals surface area contributed by atoms with Gasteiger partial charge in [0.25, 0.3) is 0 Å². The van der Waals surface area contributed by atoms with E-state index in [0.717, 1.165) is 20.6 Å². The van der Waals surface area contributed by atoms with Gasteiger partial charge in [-0.25, -0.2) is 9.78 Å². The Bertz CT molecular complexity index is 771. The molecule has 0 unspecified atom stereocenters. The fourth-order valence-electron chi connectivity index (χ4n) is 1.74. The highest BCUT2D eigenvalue weighted by Crippen LogP contribution is 2.31. The molecule has 2 heterocycles. The van der Waals surface area contributed by atoms with Crippen molar-refractivity contribution in [3.05, 3.63) is 57.2 Å². The second-order valence-corrected chi connectivity index (χ2v) is 7.04. The third kappa shape index (κ3) is 3.94. The van der Waals surface area contributed by atoms with Crippen LogP contribution >= 0.6 is 38.6 Å². The molecule has 0 saturated heterocycles. The molecule has 7 heteroatoms. The highest BCUT2D eigenvalue weighted by Gasteiger charge is 2.10. The highest BCUT2D eigenvalue weighted by atomic mass is 79.9. The lowest BCUT2D eigenvalue weighted by Crippen LogP contribution is -2.13. The lowest BCUT2D eigenvalue weighted by atomic mass is 10.2. The summed E-state index contributed by atoms with van der Waals surface area (Å²) in [6, 6.07) is 11.5. The van der Waals surface area contributed by atoms with Crippen molar-refractivity contribution in [2.75, 3.05) is 5.32 Å². The number of hydrogen-bond donors (Lipinski definition) is 1. The zero-order valence-corrected chi connectivity index (χ0v) is 14.5. The van der Waals surface area contributed by atoms with Crippen molar-refractivity contribution in [3.8, 4) is 10.6 Å². The molecule has 1 amide bonds. The maximum atomic E-state index is 11.8. The first kappa shape index (κ1) is 15.2. The molecule has 3 rings (SSSR count). The Morgan fingerprint density at radius 3 is 2.77 bits per heavy atom. The quantitative estimate of drug-likeness (QED) is 0.645. The molecule has 4 nitrogen and oxygen atoms in total. The van der Waals surface area contributed by atoms with Crippen LogP contribution in [0.3, 0.4) is 0 Å². The van der Waals surface area contributed by atoms with Crippen molar-refractivity contribution in [1.29, 1.82) is 0 Å². The molecule has 0 saturated carbocycles. The van der Waals surface area contributed by atoms with E-state index in [9.17, 15) is 4.79 Å². The summed E-state index contributed by atoms with van der Waals surface area (Å²) in [6.07, 6.45) is -0.503. The number of halogens is 1. The Morgan fingerprint density at radius 1 is 1.23 bits per heavy atom. The third-order valence-corrected chi connectivity index (χ3v) is 5.22. The number of nitrogens with zero attached hydrogens (tertiary/aromatic N) is 1. The number of nitrogens with one attached hydrogen (secondary N) is 1. The van der Waals surface area contributed by atoms with E-state index in [-0.39, 0.29) is 6.61 Å². The van der Waals surface area contributed by atoms with Crippen LogP contribution in [0.1, 0.15) is 5.56 Å². The van der Waals surface area contributed by atoms with Gasteiger partial charge in [-0.1, -0.05) is 30.3 Å². The van der Waals surface area contributed by atoms with Gasteiger partial charge >= 0.3 is 6.09 Å². The van der Waals surface area contributed by atoms with Crippen LogP contribution in [0.4, 0.5) is 9.93 Å². The number of rotatable bonds is 4. The van der Waals surface area contributed by atoms with Gasteiger partial charge in [0.2, 0.25) is 0 Å². The van der Waals surface area contributed by atoms with E-state index in [2.05, 4.69) is 26.2 Å². The van der Waals surface area contributed by atoms with Gasteiger partial charge < -0.3 is 4.74 Å². The number of carbonyl (C=O) groups excluding carboxylic acids is 1. The first-order chi connectivity index (χ1) is 10.7. The number of carbonyl (C=O) groups is 1. The third-order valence-electron chi connectivity index (χ3n) is 2.75. The van der Waals surface area contributed by atoms with Crippen molar-refractivity contribution < 1.29 is 9.53 Å². The van der Waals surface area contributed by atoms with E-state index < -0.39 is 6.09 Å². The first-order valence-electron chi connectivity index (χ1n) is 6.38. The van der Waals surface area contributed by atoms with Crippen LogP contribution in [0.2, 0.25) is 0 Å². The lowest BCUT2D eigenvalue weighted by Gasteiger charge is -2.04. The molecule has 1 N–H and O–H groups in total. The minimum absolute atomic E-state index is 0.239. The summed E-state index contributed by atoms with van der Waals surface area (Å²) in [6.45, 7) is 0.239. The van der Waals surface area contributed by atoms with Gasteiger partial charge in [0, 0.05) is 15.2 Å². The number of hydrogen-bond acceptors (Lipinski definition) is 5. The predicted octanol–water partition coefficient (Wildman–Crippen LogP) is 5.38. The minimum atomic E-state index is -0.503. The molecule has 112 valence electrons. The van der Waals surface area contributed by atoms with Crippen LogP contribution in [0, 0.1) is 0 Å². The molecule has 0 aliphatic carbocycles. The van der Waals surface area contributed by atoms with Gasteiger partial charge in [-0.2, -0.15) is 0 Å². The Kier molecular flexibility index (Phi) is 4.87. The van der Waals surface area contributed by atoms with Gasteiger partial charge in [0.15, 0.2) is 5.13 Å². The average Bonchev–Trinajstić information content (AvgIpc) is 3.15. The van der Waals surface area contributed by atoms with Crippen molar-refractivity contribution in [2.45, 2.75) is 6.61 Å². The molecule has 0 atom stereocenters. The normalized spacial score (nSPS) is 10.4. The number of ether oxygens (including phenoxy) is 1. The molecule has 0 radical (unpaired) electrons. The molecule has 1 aromatic carbocycles. The summed E-state index contributed by atoms with van der Waals surface area (Å²) in [4.78, 5) is 17.2. The molecular weight excluding hydrogens is 384 g/mol. The summed E-state index contributed by atoms with van der Waals surface area (Å²) in [5.41, 5.74) is 1.79. The second kappa shape index (κ2) is 7.04. The fraction of sp³-hybridized carbons (Fsp3) is 0.0667. The van der Waals surface area contributed by atoms with Crippen LogP contribution in [0.15, 0.2) is 51.6 Å². The maximum Gasteiger partial charge on any atom is 0.413 e. The standard InChI is InChI=1S/C15H11BrN2O2S2/c16-11-6-13(21-8-11)12-9-22-14(17-12)18-15(19)20-7-10-4-2-1-3-5-10/h1-6,8-9H,7H2,(H,17,18,19). The van der Waals surface area contributed by atoms with Crippen LogP contribution in [0.25, 0.3) is 10.6 Å². The topological polar surface area (TPSA) is 51.2 Å². The monoisotopic (exact) mass is 394 g/mol. The number of thiophene rings is 1. The van der Waals surface area contributed by atoms with E-state index in [1.54, 1.807) is 11.3 Å². The average molecular weight is 395 g/mol. The summed E-state index contributed by atoms with van der Waals surface area (Å²) in [5, 5.41) is 7.08. The fourth-order valence-corrected chi connectivity index (χ4v) is 3.90. The van der Waals surface area contributed by atoms with Gasteiger partial charge in [-0.05, 0) is 27.6 Å². The molecule has 0 spiro atoms. The van der Waals surface area contributed by atoms with Gasteiger partial charge in [-0.3, -0.25) is 5.32 Å². The van der Waals surface area contributed by atoms with Crippen molar-refractivity contribution >= 4 is 49.8 Å². The van der Waals surface area contributed by atoms with Gasteiger partial charge in [-0.15, -0.1) is 22.7 Å². The van der Waals surface area contributed by atoms with Crippen molar-refractivity contribution in [3.63, 3.8) is 0 Å². The zero-order valence-electron chi connectivity index (χ0n) is 11.3. The molecule has 0 aliphatic heterocycles. The Hall–Kier alpha value is -1.70. The SMILES string of the molecule is O=C(Nc1nc(-c2cc(Br)cs2)cs1)OCc1ccccc1. The van der Waals surface area contributed by atoms with Gasteiger partial charge in [0.05, 0.1) is 10.6 Å². The smallest absolute Gasteiger partial charge is 0.413 e. The van der Waals surface area contributed by atoms with E-state index in [1.807, 2.05) is 47.2 Å². The summed E-state index contributed by atoms with van der Waals surface area (Å²) in [7, 11) is 0. The van der Waals surface area contributed by atoms with Crippen LogP contribution in [0.5, 0.6) is 0 Å². The number of amides is 1. The largest absolute Gasteiger partial charge is 0.444 e. The number of thiazole rings is 1. The summed E-state index contributed by atoms with van der Waals surface area (Å²) < 4.78 is 6.19. The Morgan fingerprint density at radius 2 is 2.05 bits per heavy atom. The molecule has 0 bridgehead atoms. The van der Waals surface area contributed by atoms with Crippen LogP contribution in [-0.2, 0) is 11.3 Å². The second-order valence-electron chi connectivity index (χ2n) is 4.35. The van der Waals surface area contributed by atoms with Crippen LogP contribution < -0.4 is 5.32 Å². The molecule has 0 fully saturated rings. The maximum absolute atomic E-state index is 11.8. The first-order valence-corrected chi connectivity index (χ1v) is 8.93. The minimum Gasteiger partial charge on any atom is -0.444 e. The number of anilines is 1. The Balaban J connectivity index is 1.57. The highest BCUT2D eigenvalue weighted by molar-refractivity contribution is 9.10. The summed E-state index contributed by atoms with van der Waals surface area (Å²) in [5.74, 6) is 0. The van der Waals surface area contributed by atoms with E-state index >= 15 is 0 Å². The zero-order chi connectivity index (χ0) is 15.4. The van der Waals surface area contributed by atoms with Gasteiger partial charge in [0.1, 0.15) is 6.61 Å². The van der Waals surface area contributed by atoms with E-state index in [1.165, 1.54) is 11.3 Å². The lowest BCUT2D eigenvalue weighted by molar-refractivity contribution is 0.155. The van der Waals surface area contributed by atoms with E-state index in [4.69, 9.17) is 4.74 Å². The van der Waals surface area contributed by atoms with E-state index in [0.29, 0.717) is 5.13 Å². The molecule has 22 heavy (non-hydrogen) atoms. The van der Waals surface area contributed by atoms with Crippen LogP contribution in [-0.4, -0.2) is 11.1 Å². The molecular formula is C15H11BrN2O2S2. The molecule has 2 aromatic heterocycles. The Labute approximate surface area is 143 Å². The predicted molar refractivity (Wildman–Crippen MR) is 93.4 cm³/mol. The summed E-state index contributed by atoms with van der Waals surface area (Å²) >= 11 is 6.38. The number of benzene rings is 1. The van der Waals surface area contributed by atoms with Crippen molar-refractivity contribution in [2.24, 2.45) is 0 Å². The number of aromatic nitrogens is 1. The van der Waals surface area contributed by atoms with Crippen molar-refractivity contribution in [1.82, 2.24) is 4.98 Å².